The number of aliphatic hydroxyl groups is 1. The van der Waals surface area contributed by atoms with Crippen molar-refractivity contribution in [1.82, 2.24) is 4.90 Å². The molecule has 0 unspecified atom stereocenters. The third-order valence-electron chi connectivity index (χ3n) is 3.68. The zero-order chi connectivity index (χ0) is 18.1. The average molecular weight is 345 g/mol. The first kappa shape index (κ1) is 18.6. The van der Waals surface area contributed by atoms with E-state index in [1.807, 2.05) is 24.3 Å². The molecule has 0 saturated carbocycles. The maximum atomic E-state index is 12.5. The quantitative estimate of drug-likeness (QED) is 0.754. The molecule has 25 heavy (non-hydrogen) atoms. The van der Waals surface area contributed by atoms with Crippen LogP contribution in [-0.2, 0) is 11.3 Å². The highest BCUT2D eigenvalue weighted by Gasteiger charge is 2.17. The van der Waals surface area contributed by atoms with Crippen molar-refractivity contribution in [3.63, 3.8) is 0 Å². The van der Waals surface area contributed by atoms with Gasteiger partial charge >= 0.3 is 0 Å². The van der Waals surface area contributed by atoms with Gasteiger partial charge < -0.3 is 24.2 Å². The van der Waals surface area contributed by atoms with Crippen molar-refractivity contribution in [2.24, 2.45) is 0 Å². The average Bonchev–Trinajstić information content (AvgIpc) is 2.66. The fourth-order valence-corrected chi connectivity index (χ4v) is 2.38. The largest absolute Gasteiger partial charge is 0.497 e. The molecule has 0 saturated heterocycles. The van der Waals surface area contributed by atoms with Gasteiger partial charge in [-0.2, -0.15) is 0 Å². The molecule has 0 spiro atoms. The molecule has 0 aliphatic heterocycles. The Morgan fingerprint density at radius 3 is 2.44 bits per heavy atom. The van der Waals surface area contributed by atoms with Crippen LogP contribution < -0.4 is 14.2 Å². The van der Waals surface area contributed by atoms with Crippen molar-refractivity contribution in [1.29, 1.82) is 0 Å². The van der Waals surface area contributed by atoms with E-state index in [1.165, 1.54) is 4.90 Å². The van der Waals surface area contributed by atoms with E-state index in [4.69, 9.17) is 14.2 Å². The van der Waals surface area contributed by atoms with Gasteiger partial charge in [0.05, 0.1) is 20.8 Å². The number of nitrogens with zero attached hydrogens (tertiary/aromatic N) is 1. The molecule has 2 rings (SSSR count). The summed E-state index contributed by atoms with van der Waals surface area (Å²) in [5, 5.41) is 9.29. The van der Waals surface area contributed by atoms with Crippen molar-refractivity contribution < 1.29 is 24.1 Å². The fraction of sp³-hybridized carbons (Fsp3) is 0.316. The molecular weight excluding hydrogens is 322 g/mol. The van der Waals surface area contributed by atoms with Gasteiger partial charge in [0.15, 0.2) is 6.61 Å². The monoisotopic (exact) mass is 345 g/mol. The normalized spacial score (nSPS) is 10.2. The molecule has 1 N–H and O–H groups in total. The minimum absolute atomic E-state index is 0.101. The fourth-order valence-electron chi connectivity index (χ4n) is 2.38. The summed E-state index contributed by atoms with van der Waals surface area (Å²) in [5.74, 6) is 1.73. The zero-order valence-electron chi connectivity index (χ0n) is 14.5. The summed E-state index contributed by atoms with van der Waals surface area (Å²) < 4.78 is 16.1. The van der Waals surface area contributed by atoms with E-state index in [2.05, 4.69) is 0 Å². The van der Waals surface area contributed by atoms with Gasteiger partial charge in [-0.3, -0.25) is 4.79 Å². The van der Waals surface area contributed by atoms with Gasteiger partial charge in [0.2, 0.25) is 0 Å². The lowest BCUT2D eigenvalue weighted by atomic mass is 10.1. The number of aliphatic hydroxyl groups excluding tert-OH is 1. The summed E-state index contributed by atoms with van der Waals surface area (Å²) in [7, 11) is 3.15. The van der Waals surface area contributed by atoms with Gasteiger partial charge in [-0.05, 0) is 30.3 Å². The highest BCUT2D eigenvalue weighted by molar-refractivity contribution is 5.78. The molecule has 0 aliphatic rings. The van der Waals surface area contributed by atoms with Crippen molar-refractivity contribution in [3.8, 4) is 17.2 Å². The third-order valence-corrected chi connectivity index (χ3v) is 3.68. The number of methoxy groups -OCH3 is 2. The van der Waals surface area contributed by atoms with Crippen LogP contribution in [-0.4, -0.2) is 49.9 Å². The van der Waals surface area contributed by atoms with Crippen molar-refractivity contribution in [2.45, 2.75) is 6.54 Å². The molecular formula is C19H23NO5. The van der Waals surface area contributed by atoms with Crippen molar-refractivity contribution in [2.75, 3.05) is 34.0 Å². The lowest BCUT2D eigenvalue weighted by Crippen LogP contribution is -2.36. The van der Waals surface area contributed by atoms with Crippen LogP contribution in [0.25, 0.3) is 0 Å². The zero-order valence-corrected chi connectivity index (χ0v) is 14.5. The van der Waals surface area contributed by atoms with E-state index in [0.29, 0.717) is 17.2 Å². The SMILES string of the molecule is COc1ccc(OC)c(CN(CCO)C(=O)COc2ccccc2)c1. The minimum Gasteiger partial charge on any atom is -0.497 e. The Hall–Kier alpha value is -2.73. The number of ether oxygens (including phenoxy) is 3. The van der Waals surface area contributed by atoms with Gasteiger partial charge in [-0.1, -0.05) is 18.2 Å². The maximum Gasteiger partial charge on any atom is 0.260 e. The van der Waals surface area contributed by atoms with Crippen LogP contribution in [0.5, 0.6) is 17.2 Å². The first-order valence-corrected chi connectivity index (χ1v) is 7.95. The van der Waals surface area contributed by atoms with E-state index >= 15 is 0 Å². The summed E-state index contributed by atoms with van der Waals surface area (Å²) in [6, 6.07) is 14.5. The van der Waals surface area contributed by atoms with Crippen LogP contribution in [0, 0.1) is 0 Å². The first-order chi connectivity index (χ1) is 12.2. The Balaban J connectivity index is 2.08. The Labute approximate surface area is 147 Å². The summed E-state index contributed by atoms with van der Waals surface area (Å²) >= 11 is 0. The standard InChI is InChI=1S/C19H23NO5/c1-23-17-8-9-18(24-2)15(12-17)13-20(10-11-21)19(22)14-25-16-6-4-3-5-7-16/h3-9,12,21H,10-11,13-14H2,1-2H3. The van der Waals surface area contributed by atoms with Gasteiger partial charge in [0.25, 0.3) is 5.91 Å². The smallest absolute Gasteiger partial charge is 0.260 e. The Bertz CT molecular complexity index is 675. The highest BCUT2D eigenvalue weighted by Crippen LogP contribution is 2.25. The Morgan fingerprint density at radius 2 is 1.80 bits per heavy atom. The lowest BCUT2D eigenvalue weighted by molar-refractivity contribution is -0.134. The van der Waals surface area contributed by atoms with E-state index in [0.717, 1.165) is 5.56 Å². The molecule has 0 fully saturated rings. The second-order valence-corrected chi connectivity index (χ2v) is 5.32. The molecule has 6 heteroatoms. The molecule has 0 heterocycles. The summed E-state index contributed by atoms with van der Waals surface area (Å²) in [4.78, 5) is 14.0. The number of carbonyl (C=O) groups excluding carboxylic acids is 1. The number of benzene rings is 2. The van der Waals surface area contributed by atoms with E-state index in [1.54, 1.807) is 38.5 Å². The molecule has 0 atom stereocenters. The molecule has 2 aromatic carbocycles. The van der Waals surface area contributed by atoms with Crippen LogP contribution in [0.4, 0.5) is 0 Å². The second-order valence-electron chi connectivity index (χ2n) is 5.32. The third kappa shape index (κ3) is 5.39. The lowest BCUT2D eigenvalue weighted by Gasteiger charge is -2.23. The summed E-state index contributed by atoms with van der Waals surface area (Å²) in [6.45, 7) is 0.259. The first-order valence-electron chi connectivity index (χ1n) is 7.95. The maximum absolute atomic E-state index is 12.5. The Morgan fingerprint density at radius 1 is 1.04 bits per heavy atom. The van der Waals surface area contributed by atoms with Crippen LogP contribution in [0.1, 0.15) is 5.56 Å². The molecule has 0 aromatic heterocycles. The van der Waals surface area contributed by atoms with E-state index in [9.17, 15) is 9.90 Å². The number of hydrogen-bond donors (Lipinski definition) is 1. The predicted molar refractivity (Wildman–Crippen MR) is 94.0 cm³/mol. The minimum atomic E-state index is -0.220. The summed E-state index contributed by atoms with van der Waals surface area (Å²) in [5.41, 5.74) is 0.795. The van der Waals surface area contributed by atoms with Crippen LogP contribution in [0.2, 0.25) is 0 Å². The van der Waals surface area contributed by atoms with Gasteiger partial charge in [0, 0.05) is 18.7 Å². The van der Waals surface area contributed by atoms with E-state index < -0.39 is 0 Å². The van der Waals surface area contributed by atoms with E-state index in [-0.39, 0.29) is 32.2 Å². The number of carbonyl (C=O) groups is 1. The molecule has 134 valence electrons. The van der Waals surface area contributed by atoms with Gasteiger partial charge in [0.1, 0.15) is 17.2 Å². The van der Waals surface area contributed by atoms with Gasteiger partial charge in [-0.25, -0.2) is 0 Å². The highest BCUT2D eigenvalue weighted by atomic mass is 16.5. The van der Waals surface area contributed by atoms with Crippen molar-refractivity contribution >= 4 is 5.91 Å². The van der Waals surface area contributed by atoms with Crippen LogP contribution >= 0.6 is 0 Å². The molecule has 0 radical (unpaired) electrons. The molecule has 0 aliphatic carbocycles. The summed E-state index contributed by atoms with van der Waals surface area (Å²) in [6.07, 6.45) is 0. The number of amides is 1. The predicted octanol–water partition coefficient (Wildman–Crippen LogP) is 2.10. The second kappa shape index (κ2) is 9.54. The van der Waals surface area contributed by atoms with Gasteiger partial charge in [-0.15, -0.1) is 0 Å². The van der Waals surface area contributed by atoms with Crippen LogP contribution in [0.15, 0.2) is 48.5 Å². The molecule has 0 bridgehead atoms. The number of para-hydroxylation sites is 1. The molecule has 1 amide bonds. The Kier molecular flexibility index (Phi) is 7.10. The topological polar surface area (TPSA) is 68.2 Å². The number of hydrogen-bond acceptors (Lipinski definition) is 5. The number of rotatable bonds is 9. The van der Waals surface area contributed by atoms with Crippen molar-refractivity contribution in [3.05, 3.63) is 54.1 Å². The molecule has 6 nitrogen and oxygen atoms in total. The van der Waals surface area contributed by atoms with Crippen LogP contribution in [0.3, 0.4) is 0 Å². The molecule has 2 aromatic rings.